The first-order chi connectivity index (χ1) is 11.3. The monoisotopic (exact) mass is 368 g/mol. The molecule has 0 spiro atoms. The van der Waals surface area contributed by atoms with E-state index >= 15 is 0 Å². The highest BCUT2D eigenvalue weighted by atomic mass is 32.1. The van der Waals surface area contributed by atoms with Crippen molar-refractivity contribution < 1.29 is 19.5 Å². The molecule has 0 aliphatic heterocycles. The van der Waals surface area contributed by atoms with Crippen molar-refractivity contribution in [1.82, 2.24) is 15.3 Å². The summed E-state index contributed by atoms with van der Waals surface area (Å²) >= 11 is 2.43. The Labute approximate surface area is 146 Å². The van der Waals surface area contributed by atoms with Crippen LogP contribution >= 0.6 is 22.7 Å². The van der Waals surface area contributed by atoms with Crippen LogP contribution in [0.1, 0.15) is 35.0 Å². The first kappa shape index (κ1) is 18.0. The Hall–Kier alpha value is -2.33. The summed E-state index contributed by atoms with van der Waals surface area (Å²) < 4.78 is 0. The second kappa shape index (κ2) is 7.97. The molecular formula is C14H16N4O4S2. The Kier molecular flexibility index (Phi) is 5.99. The molecule has 0 fully saturated rings. The molecule has 0 aliphatic rings. The molecule has 0 unspecified atom stereocenters. The summed E-state index contributed by atoms with van der Waals surface area (Å²) in [6, 6.07) is 0. The number of hydrogen-bond acceptors (Lipinski definition) is 7. The fourth-order valence-corrected chi connectivity index (χ4v) is 3.01. The summed E-state index contributed by atoms with van der Waals surface area (Å²) in [5.74, 6) is -1.62. The molecular weight excluding hydrogens is 352 g/mol. The van der Waals surface area contributed by atoms with Crippen LogP contribution < -0.4 is 10.6 Å². The fraction of sp³-hybridized carbons (Fsp3) is 0.357. The molecule has 0 radical (unpaired) electrons. The fourth-order valence-electron chi connectivity index (χ4n) is 1.59. The topological polar surface area (TPSA) is 121 Å². The Balaban J connectivity index is 1.82. The van der Waals surface area contributed by atoms with Crippen molar-refractivity contribution >= 4 is 45.6 Å². The smallest absolute Gasteiger partial charge is 0.355 e. The number of carbonyl (C=O) groups is 3. The molecule has 3 N–H and O–H groups in total. The Morgan fingerprint density at radius 2 is 1.96 bits per heavy atom. The van der Waals surface area contributed by atoms with E-state index in [-0.39, 0.29) is 36.4 Å². The Bertz CT molecular complexity index is 754. The van der Waals surface area contributed by atoms with Crippen molar-refractivity contribution in [3.05, 3.63) is 27.2 Å². The van der Waals surface area contributed by atoms with Gasteiger partial charge in [-0.05, 0) is 0 Å². The SMILES string of the molecule is CC(C)C(=O)Nc1nc(CC(=O)NCc2nc(C(=O)O)cs2)cs1. The number of aromatic carboxylic acids is 1. The van der Waals surface area contributed by atoms with Gasteiger partial charge in [-0.15, -0.1) is 22.7 Å². The maximum atomic E-state index is 11.9. The number of hydrogen-bond donors (Lipinski definition) is 3. The lowest BCUT2D eigenvalue weighted by Crippen LogP contribution is -2.24. The molecule has 0 aliphatic carbocycles. The molecule has 0 bridgehead atoms. The largest absolute Gasteiger partial charge is 0.476 e. The number of nitrogens with one attached hydrogen (secondary N) is 2. The quantitative estimate of drug-likeness (QED) is 0.684. The van der Waals surface area contributed by atoms with Gasteiger partial charge in [-0.3, -0.25) is 9.59 Å². The summed E-state index contributed by atoms with van der Waals surface area (Å²) in [6.45, 7) is 3.73. The highest BCUT2D eigenvalue weighted by Gasteiger charge is 2.13. The number of carboxylic acid groups (broad SMARTS) is 1. The minimum atomic E-state index is -1.10. The molecule has 2 rings (SSSR count). The number of anilines is 1. The second-order valence-electron chi connectivity index (χ2n) is 5.17. The van der Waals surface area contributed by atoms with Gasteiger partial charge in [-0.1, -0.05) is 13.8 Å². The van der Waals surface area contributed by atoms with E-state index in [2.05, 4.69) is 20.6 Å². The molecule has 10 heteroatoms. The molecule has 24 heavy (non-hydrogen) atoms. The van der Waals surface area contributed by atoms with Gasteiger partial charge in [-0.2, -0.15) is 0 Å². The van der Waals surface area contributed by atoms with E-state index in [0.29, 0.717) is 15.8 Å². The van der Waals surface area contributed by atoms with E-state index in [1.165, 1.54) is 28.1 Å². The van der Waals surface area contributed by atoms with Crippen LogP contribution in [0.25, 0.3) is 0 Å². The number of carboxylic acids is 1. The van der Waals surface area contributed by atoms with Crippen LogP contribution in [0.15, 0.2) is 10.8 Å². The van der Waals surface area contributed by atoms with Crippen molar-refractivity contribution in [2.45, 2.75) is 26.8 Å². The van der Waals surface area contributed by atoms with Crippen LogP contribution in [0.5, 0.6) is 0 Å². The van der Waals surface area contributed by atoms with E-state index in [0.717, 1.165) is 0 Å². The molecule has 0 saturated heterocycles. The van der Waals surface area contributed by atoms with E-state index < -0.39 is 5.97 Å². The van der Waals surface area contributed by atoms with Gasteiger partial charge >= 0.3 is 5.97 Å². The predicted octanol–water partition coefficient (Wildman–Crippen LogP) is 1.75. The molecule has 2 aromatic rings. The molecule has 2 aromatic heterocycles. The van der Waals surface area contributed by atoms with Crippen LogP contribution in [-0.2, 0) is 22.6 Å². The number of amides is 2. The maximum absolute atomic E-state index is 11.9. The minimum Gasteiger partial charge on any atom is -0.476 e. The van der Waals surface area contributed by atoms with Crippen LogP contribution in [0.3, 0.4) is 0 Å². The normalized spacial score (nSPS) is 10.6. The number of thiazole rings is 2. The van der Waals surface area contributed by atoms with Crippen LogP contribution in [0.2, 0.25) is 0 Å². The zero-order chi connectivity index (χ0) is 17.7. The zero-order valence-corrected chi connectivity index (χ0v) is 14.7. The summed E-state index contributed by atoms with van der Waals surface area (Å²) in [5.41, 5.74) is 0.524. The lowest BCUT2D eigenvalue weighted by Gasteiger charge is -2.03. The van der Waals surface area contributed by atoms with Crippen LogP contribution in [-0.4, -0.2) is 32.9 Å². The minimum absolute atomic E-state index is 0.0331. The Morgan fingerprint density at radius 1 is 1.21 bits per heavy atom. The van der Waals surface area contributed by atoms with Crippen LogP contribution in [0, 0.1) is 5.92 Å². The molecule has 0 atom stereocenters. The van der Waals surface area contributed by atoms with Gasteiger partial charge in [0.2, 0.25) is 11.8 Å². The van der Waals surface area contributed by atoms with E-state index in [4.69, 9.17) is 5.11 Å². The molecule has 2 heterocycles. The standard InChI is InChI=1S/C14H16N4O4S2/c1-7(2)12(20)18-14-16-8(5-24-14)3-10(19)15-4-11-17-9(6-23-11)13(21)22/h5-7H,3-4H2,1-2H3,(H,15,19)(H,21,22)(H,16,18,20). The van der Waals surface area contributed by atoms with E-state index in [1.54, 1.807) is 19.2 Å². The summed E-state index contributed by atoms with van der Waals surface area (Å²) in [4.78, 5) is 42.3. The molecule has 128 valence electrons. The second-order valence-corrected chi connectivity index (χ2v) is 6.97. The van der Waals surface area contributed by atoms with E-state index in [9.17, 15) is 14.4 Å². The summed E-state index contributed by atoms with van der Waals surface area (Å²) in [7, 11) is 0. The van der Waals surface area contributed by atoms with Crippen molar-refractivity contribution in [2.75, 3.05) is 5.32 Å². The number of rotatable bonds is 7. The van der Waals surface area contributed by atoms with Gasteiger partial charge in [0.25, 0.3) is 0 Å². The molecule has 0 saturated carbocycles. The number of aromatic nitrogens is 2. The lowest BCUT2D eigenvalue weighted by atomic mass is 10.2. The molecule has 0 aromatic carbocycles. The van der Waals surface area contributed by atoms with Crippen molar-refractivity contribution in [3.8, 4) is 0 Å². The summed E-state index contributed by atoms with van der Waals surface area (Å²) in [5, 5.41) is 18.2. The van der Waals surface area contributed by atoms with E-state index in [1.807, 2.05) is 0 Å². The maximum Gasteiger partial charge on any atom is 0.355 e. The third kappa shape index (κ3) is 5.10. The number of carbonyl (C=O) groups excluding carboxylic acids is 2. The van der Waals surface area contributed by atoms with Crippen LogP contribution in [0.4, 0.5) is 5.13 Å². The highest BCUT2D eigenvalue weighted by Crippen LogP contribution is 2.17. The molecule has 8 nitrogen and oxygen atoms in total. The number of nitrogens with zero attached hydrogens (tertiary/aromatic N) is 2. The average molecular weight is 368 g/mol. The zero-order valence-electron chi connectivity index (χ0n) is 13.0. The molecule has 2 amide bonds. The Morgan fingerprint density at radius 3 is 2.58 bits per heavy atom. The average Bonchev–Trinajstić information content (AvgIpc) is 3.14. The highest BCUT2D eigenvalue weighted by molar-refractivity contribution is 7.14. The lowest BCUT2D eigenvalue weighted by molar-refractivity contribution is -0.120. The van der Waals surface area contributed by atoms with Gasteiger partial charge in [0, 0.05) is 16.7 Å². The first-order valence-corrected chi connectivity index (χ1v) is 8.80. The van der Waals surface area contributed by atoms with Gasteiger partial charge < -0.3 is 15.7 Å². The van der Waals surface area contributed by atoms with Crippen molar-refractivity contribution in [1.29, 1.82) is 0 Å². The van der Waals surface area contributed by atoms with Gasteiger partial charge in [-0.25, -0.2) is 14.8 Å². The van der Waals surface area contributed by atoms with Crippen molar-refractivity contribution in [3.63, 3.8) is 0 Å². The third-order valence-electron chi connectivity index (χ3n) is 2.86. The predicted molar refractivity (Wildman–Crippen MR) is 90.2 cm³/mol. The third-order valence-corrected chi connectivity index (χ3v) is 4.51. The first-order valence-electron chi connectivity index (χ1n) is 7.04. The van der Waals surface area contributed by atoms with Crippen molar-refractivity contribution in [2.24, 2.45) is 5.92 Å². The van der Waals surface area contributed by atoms with Gasteiger partial charge in [0.15, 0.2) is 10.8 Å². The van der Waals surface area contributed by atoms with Gasteiger partial charge in [0.05, 0.1) is 18.7 Å². The summed E-state index contributed by atoms with van der Waals surface area (Å²) in [6.07, 6.45) is 0.0746. The van der Waals surface area contributed by atoms with Gasteiger partial charge in [0.1, 0.15) is 5.01 Å².